The van der Waals surface area contributed by atoms with Crippen LogP contribution in [0.1, 0.15) is 56.1 Å². The highest BCUT2D eigenvalue weighted by Gasteiger charge is 2.43. The predicted molar refractivity (Wildman–Crippen MR) is 119 cm³/mol. The average molecular weight is 437 g/mol. The molecule has 0 saturated carbocycles. The molecular weight excluding hydrogens is 410 g/mol. The molecule has 8 nitrogen and oxygen atoms in total. The van der Waals surface area contributed by atoms with E-state index in [9.17, 15) is 19.2 Å². The van der Waals surface area contributed by atoms with E-state index in [1.165, 1.54) is 19.1 Å². The van der Waals surface area contributed by atoms with Gasteiger partial charge in [0.1, 0.15) is 5.54 Å². The first-order chi connectivity index (χ1) is 14.9. The normalized spacial score (nSPS) is 19.0. The lowest BCUT2D eigenvalue weighted by Crippen LogP contribution is -2.40. The van der Waals surface area contributed by atoms with Gasteiger partial charge < -0.3 is 15.4 Å². The van der Waals surface area contributed by atoms with Crippen LogP contribution in [0.5, 0.6) is 0 Å². The van der Waals surface area contributed by atoms with Crippen LogP contribution in [0, 0.1) is 0 Å². The Morgan fingerprint density at radius 1 is 1.06 bits per heavy atom. The van der Waals surface area contributed by atoms with Crippen molar-refractivity contribution in [2.75, 3.05) is 5.32 Å². The minimum absolute atomic E-state index is 0.00104. The molecule has 2 aromatic carbocycles. The molecule has 3 rings (SSSR count). The molecule has 8 heteroatoms. The molecule has 2 unspecified atom stereocenters. The number of amides is 4. The maximum atomic E-state index is 12.6. The van der Waals surface area contributed by atoms with E-state index >= 15 is 0 Å². The quantitative estimate of drug-likeness (QED) is 0.491. The lowest BCUT2D eigenvalue weighted by atomic mass is 9.87. The Labute approximate surface area is 186 Å². The van der Waals surface area contributed by atoms with Gasteiger partial charge in [-0.1, -0.05) is 45.0 Å². The molecule has 2 aromatic rings. The molecule has 2 atom stereocenters. The van der Waals surface area contributed by atoms with Gasteiger partial charge in [-0.25, -0.2) is 9.59 Å². The number of benzene rings is 2. The fraction of sp³-hybridized carbons (Fsp3) is 0.333. The summed E-state index contributed by atoms with van der Waals surface area (Å²) >= 11 is 0. The summed E-state index contributed by atoms with van der Waals surface area (Å²) in [6, 6.07) is 13.1. The highest BCUT2D eigenvalue weighted by Crippen LogP contribution is 2.26. The smallest absolute Gasteiger partial charge is 0.338 e. The number of hydrogen-bond donors (Lipinski definition) is 3. The van der Waals surface area contributed by atoms with E-state index in [1.54, 1.807) is 31.2 Å². The first-order valence-corrected chi connectivity index (χ1v) is 10.3. The highest BCUT2D eigenvalue weighted by molar-refractivity contribution is 6.07. The van der Waals surface area contributed by atoms with Crippen LogP contribution in [0.2, 0.25) is 0 Å². The summed E-state index contributed by atoms with van der Waals surface area (Å²) in [5.74, 6) is -1.70. The van der Waals surface area contributed by atoms with E-state index < -0.39 is 35.5 Å². The molecule has 0 spiro atoms. The molecular formula is C24H27N3O5. The van der Waals surface area contributed by atoms with Crippen molar-refractivity contribution >= 4 is 29.5 Å². The Hall–Kier alpha value is -3.68. The third-order valence-electron chi connectivity index (χ3n) is 5.39. The SMILES string of the molecule is CC(OC(=O)c1cccc(C2(C)NC(=O)NC2=O)c1)C(=O)Nc1ccc(C(C)(C)C)cc1. The van der Waals surface area contributed by atoms with Crippen molar-refractivity contribution < 1.29 is 23.9 Å². The van der Waals surface area contributed by atoms with Gasteiger partial charge in [0.05, 0.1) is 5.56 Å². The Kier molecular flexibility index (Phi) is 6.07. The van der Waals surface area contributed by atoms with Gasteiger partial charge in [0, 0.05) is 5.69 Å². The van der Waals surface area contributed by atoms with Crippen molar-refractivity contribution in [2.45, 2.75) is 51.7 Å². The van der Waals surface area contributed by atoms with Crippen LogP contribution < -0.4 is 16.0 Å². The number of hydrogen-bond acceptors (Lipinski definition) is 5. The summed E-state index contributed by atoms with van der Waals surface area (Å²) in [6.45, 7) is 9.32. The highest BCUT2D eigenvalue weighted by atomic mass is 16.5. The molecule has 1 aliphatic rings. The second-order valence-electron chi connectivity index (χ2n) is 8.98. The standard InChI is InChI=1S/C24H27N3O5/c1-14(19(28)25-18-11-9-16(10-12-18)23(2,3)4)32-20(29)15-7-6-8-17(13-15)24(5)21(30)26-22(31)27-24/h6-14H,1-5H3,(H,25,28)(H2,26,27,30,31). The van der Waals surface area contributed by atoms with Gasteiger partial charge in [-0.2, -0.15) is 0 Å². The number of esters is 1. The van der Waals surface area contributed by atoms with Crippen LogP contribution in [0.3, 0.4) is 0 Å². The van der Waals surface area contributed by atoms with E-state index in [1.807, 2.05) is 12.1 Å². The van der Waals surface area contributed by atoms with Crippen molar-refractivity contribution in [3.8, 4) is 0 Å². The van der Waals surface area contributed by atoms with Gasteiger partial charge in [-0.15, -0.1) is 0 Å². The van der Waals surface area contributed by atoms with Crippen LogP contribution >= 0.6 is 0 Å². The van der Waals surface area contributed by atoms with Gasteiger partial charge >= 0.3 is 12.0 Å². The molecule has 0 aromatic heterocycles. The number of anilines is 1. The largest absolute Gasteiger partial charge is 0.449 e. The van der Waals surface area contributed by atoms with Crippen molar-refractivity contribution in [1.29, 1.82) is 0 Å². The molecule has 32 heavy (non-hydrogen) atoms. The Balaban J connectivity index is 1.66. The Morgan fingerprint density at radius 2 is 1.72 bits per heavy atom. The maximum Gasteiger partial charge on any atom is 0.338 e. The second-order valence-corrected chi connectivity index (χ2v) is 8.98. The molecule has 4 amide bonds. The monoisotopic (exact) mass is 437 g/mol. The third-order valence-corrected chi connectivity index (χ3v) is 5.39. The van der Waals surface area contributed by atoms with Gasteiger partial charge in [0.15, 0.2) is 6.10 Å². The third kappa shape index (κ3) is 4.80. The summed E-state index contributed by atoms with van der Waals surface area (Å²) in [5.41, 5.74) is 1.02. The first-order valence-electron chi connectivity index (χ1n) is 10.3. The van der Waals surface area contributed by atoms with E-state index in [0.29, 0.717) is 11.3 Å². The van der Waals surface area contributed by atoms with E-state index in [4.69, 9.17) is 4.74 Å². The van der Waals surface area contributed by atoms with Crippen LogP contribution in [0.15, 0.2) is 48.5 Å². The second kappa shape index (κ2) is 8.45. The van der Waals surface area contributed by atoms with E-state index in [-0.39, 0.29) is 11.0 Å². The zero-order valence-corrected chi connectivity index (χ0v) is 18.7. The number of rotatable bonds is 5. The fourth-order valence-corrected chi connectivity index (χ4v) is 3.28. The molecule has 0 aliphatic carbocycles. The summed E-state index contributed by atoms with van der Waals surface area (Å²) in [5, 5.41) is 7.46. The van der Waals surface area contributed by atoms with E-state index in [2.05, 4.69) is 36.7 Å². The van der Waals surface area contributed by atoms with Crippen molar-refractivity contribution in [3.05, 3.63) is 65.2 Å². The zero-order valence-electron chi connectivity index (χ0n) is 18.7. The molecule has 1 aliphatic heterocycles. The summed E-state index contributed by atoms with van der Waals surface area (Å²) in [6.07, 6.45) is -1.04. The molecule has 1 fully saturated rings. The van der Waals surface area contributed by atoms with Crippen LogP contribution in [0.25, 0.3) is 0 Å². The lowest BCUT2D eigenvalue weighted by Gasteiger charge is -2.21. The number of carbonyl (C=O) groups is 4. The number of imide groups is 1. The summed E-state index contributed by atoms with van der Waals surface area (Å²) < 4.78 is 5.31. The van der Waals surface area contributed by atoms with Crippen LogP contribution in [-0.2, 0) is 25.3 Å². The molecule has 0 radical (unpaired) electrons. The molecule has 0 bridgehead atoms. The number of carbonyl (C=O) groups excluding carboxylic acids is 4. The summed E-state index contributed by atoms with van der Waals surface area (Å²) in [4.78, 5) is 48.7. The predicted octanol–water partition coefficient (Wildman–Crippen LogP) is 3.22. The van der Waals surface area contributed by atoms with Crippen LogP contribution in [-0.4, -0.2) is 29.9 Å². The van der Waals surface area contributed by atoms with Gasteiger partial charge in [-0.05, 0) is 54.7 Å². The molecule has 1 saturated heterocycles. The van der Waals surface area contributed by atoms with Gasteiger partial charge in [0.2, 0.25) is 0 Å². The topological polar surface area (TPSA) is 114 Å². The van der Waals surface area contributed by atoms with Gasteiger partial charge in [0.25, 0.3) is 11.8 Å². The van der Waals surface area contributed by atoms with E-state index in [0.717, 1.165) is 5.56 Å². The van der Waals surface area contributed by atoms with Gasteiger partial charge in [-0.3, -0.25) is 14.9 Å². The minimum Gasteiger partial charge on any atom is -0.449 e. The first kappa shape index (κ1) is 23.0. The van der Waals surface area contributed by atoms with Crippen molar-refractivity contribution in [2.24, 2.45) is 0 Å². The molecule has 168 valence electrons. The lowest BCUT2D eigenvalue weighted by molar-refractivity contribution is -0.124. The minimum atomic E-state index is -1.30. The molecule has 3 N–H and O–H groups in total. The summed E-state index contributed by atoms with van der Waals surface area (Å²) in [7, 11) is 0. The zero-order chi connectivity index (χ0) is 23.7. The van der Waals surface area contributed by atoms with Crippen molar-refractivity contribution in [1.82, 2.24) is 10.6 Å². The van der Waals surface area contributed by atoms with Crippen LogP contribution in [0.4, 0.5) is 10.5 Å². The maximum absolute atomic E-state index is 12.6. The number of nitrogens with one attached hydrogen (secondary N) is 3. The Bertz CT molecular complexity index is 1070. The number of ether oxygens (including phenoxy) is 1. The van der Waals surface area contributed by atoms with Crippen molar-refractivity contribution in [3.63, 3.8) is 0 Å². The number of urea groups is 1. The molecule has 1 heterocycles. The average Bonchev–Trinajstić information content (AvgIpc) is 3.00. The Morgan fingerprint density at radius 3 is 2.28 bits per heavy atom. The fourth-order valence-electron chi connectivity index (χ4n) is 3.28.